The number of rotatable bonds is 2. The minimum Gasteiger partial charge on any atom is -0.269 e. The molecule has 0 saturated carbocycles. The van der Waals surface area contributed by atoms with Gasteiger partial charge in [-0.15, -0.1) is 0 Å². The molecule has 2 aliphatic heterocycles. The van der Waals surface area contributed by atoms with Crippen LogP contribution in [0, 0.1) is 0 Å². The molecule has 5 rings (SSSR count). The highest BCUT2D eigenvalue weighted by Crippen LogP contribution is 2.26. The van der Waals surface area contributed by atoms with Gasteiger partial charge in [0.15, 0.2) is 0 Å². The fourth-order valence-electron chi connectivity index (χ4n) is 3.88. The molecular formula is C22H20BN4. The number of benzene rings is 2. The van der Waals surface area contributed by atoms with E-state index >= 15 is 0 Å². The Kier molecular flexibility index (Phi) is 4.00. The van der Waals surface area contributed by atoms with E-state index < -0.39 is 0 Å². The molecule has 1 radical (unpaired) electrons. The van der Waals surface area contributed by atoms with Crippen LogP contribution in [0.2, 0.25) is 0 Å². The number of nitrogens with one attached hydrogen (secondary N) is 1. The number of allylic oxidation sites excluding steroid dienone is 1. The van der Waals surface area contributed by atoms with Crippen molar-refractivity contribution in [3.63, 3.8) is 0 Å². The number of aliphatic imine (C=N–C) groups is 2. The molecule has 0 unspecified atom stereocenters. The number of hydrogen-bond acceptors (Lipinski definition) is 4. The molecule has 131 valence electrons. The number of hydrazone groups is 1. The fourth-order valence-corrected chi connectivity index (χ4v) is 3.88. The maximum absolute atomic E-state index is 4.75. The summed E-state index contributed by atoms with van der Waals surface area (Å²) < 4.78 is 0. The summed E-state index contributed by atoms with van der Waals surface area (Å²) in [6.45, 7) is 2.03. The number of aryl methyl sites for hydroxylation is 1. The van der Waals surface area contributed by atoms with Crippen LogP contribution in [0.4, 0.5) is 5.69 Å². The molecule has 0 fully saturated rings. The second-order valence-electron chi connectivity index (χ2n) is 7.23. The molecule has 0 atom stereocenters. The van der Waals surface area contributed by atoms with Gasteiger partial charge in [-0.3, -0.25) is 10.4 Å². The van der Waals surface area contributed by atoms with E-state index in [1.165, 1.54) is 16.7 Å². The molecule has 4 nitrogen and oxygen atoms in total. The maximum atomic E-state index is 4.75. The predicted octanol–water partition coefficient (Wildman–Crippen LogP) is 3.93. The van der Waals surface area contributed by atoms with Crippen LogP contribution in [0.5, 0.6) is 0 Å². The summed E-state index contributed by atoms with van der Waals surface area (Å²) >= 11 is 0. The van der Waals surface area contributed by atoms with Crippen LogP contribution in [0.15, 0.2) is 69.2 Å². The van der Waals surface area contributed by atoms with Crippen molar-refractivity contribution in [2.24, 2.45) is 15.1 Å². The van der Waals surface area contributed by atoms with E-state index in [1.54, 1.807) is 0 Å². The Morgan fingerprint density at radius 3 is 2.81 bits per heavy atom. The smallest absolute Gasteiger partial charge is 0.210 e. The lowest BCUT2D eigenvalue weighted by Gasteiger charge is -2.19. The quantitative estimate of drug-likeness (QED) is 0.647. The summed E-state index contributed by atoms with van der Waals surface area (Å²) in [4.78, 5) is 9.26. The minimum absolute atomic E-state index is 0.816. The lowest BCUT2D eigenvalue weighted by molar-refractivity contribution is 0.826. The minimum atomic E-state index is 0.816. The number of nitrogens with zero attached hydrogens (tertiary/aromatic N) is 3. The normalized spacial score (nSPS) is 19.0. The predicted molar refractivity (Wildman–Crippen MR) is 112 cm³/mol. The fraction of sp³-hybridized carbons (Fsp3) is 0.227. The Labute approximate surface area is 160 Å². The number of amidine groups is 1. The Hall–Kier alpha value is -2.95. The van der Waals surface area contributed by atoms with Crippen LogP contribution in [0.25, 0.3) is 0 Å². The zero-order valence-corrected chi connectivity index (χ0v) is 15.4. The van der Waals surface area contributed by atoms with Crippen molar-refractivity contribution in [2.45, 2.75) is 32.6 Å². The van der Waals surface area contributed by atoms with Crippen molar-refractivity contribution >= 4 is 30.1 Å². The zero-order valence-electron chi connectivity index (χ0n) is 15.4. The monoisotopic (exact) mass is 351 g/mol. The molecule has 2 aromatic rings. The summed E-state index contributed by atoms with van der Waals surface area (Å²) in [6, 6.07) is 14.9. The highest BCUT2D eigenvalue weighted by molar-refractivity contribution is 6.83. The van der Waals surface area contributed by atoms with Gasteiger partial charge in [0.05, 0.1) is 11.4 Å². The Morgan fingerprint density at radius 2 is 1.96 bits per heavy atom. The van der Waals surface area contributed by atoms with E-state index in [2.05, 4.69) is 59.0 Å². The SMILES string of the molecule is CC1=C[B]C(c2ccc3c(c2)/C(=N/NC2=Nc4ccccc4C2)CCC3)=N1. The summed E-state index contributed by atoms with van der Waals surface area (Å²) in [5, 5.41) is 4.75. The largest absolute Gasteiger partial charge is 0.269 e. The van der Waals surface area contributed by atoms with Gasteiger partial charge >= 0.3 is 0 Å². The summed E-state index contributed by atoms with van der Waals surface area (Å²) in [6.07, 6.45) is 4.04. The molecule has 0 amide bonds. The summed E-state index contributed by atoms with van der Waals surface area (Å²) in [5.74, 6) is 2.97. The molecule has 2 aromatic carbocycles. The lowest BCUT2D eigenvalue weighted by atomic mass is 9.70. The summed E-state index contributed by atoms with van der Waals surface area (Å²) in [5.41, 5.74) is 12.5. The van der Waals surface area contributed by atoms with Crippen molar-refractivity contribution in [3.8, 4) is 0 Å². The van der Waals surface area contributed by atoms with Gasteiger partial charge < -0.3 is 0 Å². The third kappa shape index (κ3) is 3.14. The molecule has 5 heteroatoms. The third-order valence-electron chi connectivity index (χ3n) is 5.28. The summed E-state index contributed by atoms with van der Waals surface area (Å²) in [7, 11) is 2.08. The molecule has 2 heterocycles. The van der Waals surface area contributed by atoms with Gasteiger partial charge in [-0.05, 0) is 55.0 Å². The van der Waals surface area contributed by atoms with E-state index in [0.29, 0.717) is 0 Å². The average Bonchev–Trinajstić information content (AvgIpc) is 3.31. The molecule has 27 heavy (non-hydrogen) atoms. The third-order valence-corrected chi connectivity index (χ3v) is 5.28. The van der Waals surface area contributed by atoms with Crippen LogP contribution in [-0.4, -0.2) is 24.4 Å². The number of fused-ring (bicyclic) bond motifs is 2. The maximum Gasteiger partial charge on any atom is 0.210 e. The van der Waals surface area contributed by atoms with Crippen LogP contribution in [0.3, 0.4) is 0 Å². The average molecular weight is 351 g/mol. The van der Waals surface area contributed by atoms with Gasteiger partial charge in [0.2, 0.25) is 7.28 Å². The van der Waals surface area contributed by atoms with E-state index in [-0.39, 0.29) is 0 Å². The molecule has 0 bridgehead atoms. The van der Waals surface area contributed by atoms with Crippen molar-refractivity contribution in [3.05, 3.63) is 76.4 Å². The van der Waals surface area contributed by atoms with E-state index in [9.17, 15) is 0 Å². The van der Waals surface area contributed by atoms with Gasteiger partial charge in [0.25, 0.3) is 0 Å². The first-order valence-electron chi connectivity index (χ1n) is 9.48. The molecule has 3 aliphatic rings. The van der Waals surface area contributed by atoms with Crippen molar-refractivity contribution in [1.82, 2.24) is 5.43 Å². The molecule has 0 aromatic heterocycles. The van der Waals surface area contributed by atoms with E-state index in [4.69, 9.17) is 5.10 Å². The van der Waals surface area contributed by atoms with Gasteiger partial charge in [0, 0.05) is 23.3 Å². The Morgan fingerprint density at radius 1 is 1.04 bits per heavy atom. The topological polar surface area (TPSA) is 49.1 Å². The van der Waals surface area contributed by atoms with Gasteiger partial charge in [-0.2, -0.15) is 5.10 Å². The first-order valence-corrected chi connectivity index (χ1v) is 9.48. The van der Waals surface area contributed by atoms with E-state index in [0.717, 1.165) is 59.8 Å². The van der Waals surface area contributed by atoms with Crippen molar-refractivity contribution in [2.75, 3.05) is 0 Å². The number of para-hydroxylation sites is 1. The second kappa shape index (κ2) is 6.65. The lowest BCUT2D eigenvalue weighted by Crippen LogP contribution is -2.22. The van der Waals surface area contributed by atoms with Crippen molar-refractivity contribution < 1.29 is 0 Å². The molecule has 0 saturated heterocycles. The van der Waals surface area contributed by atoms with Crippen LogP contribution in [-0.2, 0) is 12.8 Å². The molecule has 0 spiro atoms. The van der Waals surface area contributed by atoms with E-state index in [1.807, 2.05) is 19.1 Å². The zero-order chi connectivity index (χ0) is 18.2. The highest BCUT2D eigenvalue weighted by atomic mass is 15.3. The first kappa shape index (κ1) is 16.2. The van der Waals surface area contributed by atoms with Crippen LogP contribution in [0.1, 0.15) is 42.0 Å². The van der Waals surface area contributed by atoms with Gasteiger partial charge in [-0.25, -0.2) is 4.99 Å². The molecular weight excluding hydrogens is 331 g/mol. The molecule has 1 aliphatic carbocycles. The van der Waals surface area contributed by atoms with Gasteiger partial charge in [0.1, 0.15) is 5.84 Å². The van der Waals surface area contributed by atoms with Crippen LogP contribution < -0.4 is 5.43 Å². The van der Waals surface area contributed by atoms with Crippen molar-refractivity contribution in [1.29, 1.82) is 0 Å². The van der Waals surface area contributed by atoms with Gasteiger partial charge in [-0.1, -0.05) is 36.3 Å². The Bertz CT molecular complexity index is 1050. The second-order valence-corrected chi connectivity index (χ2v) is 7.23. The molecule has 1 N–H and O–H groups in total. The number of hydrogen-bond donors (Lipinski definition) is 1. The standard InChI is InChI=1S/C22H20BN4/c1-14-13-23-22(24-14)17-10-9-15-6-4-8-20(18(15)11-17)26-27-21-12-16-5-2-3-7-19(16)25-21/h2-3,5,7,9-11,13H,4,6,8,12H2,1H3,(H,25,27)/b26-20+. The van der Waals surface area contributed by atoms with Crippen LogP contribution >= 0.6 is 0 Å². The Balaban J connectivity index is 1.41. The highest BCUT2D eigenvalue weighted by Gasteiger charge is 2.19. The first-order chi connectivity index (χ1) is 13.3.